The molecule has 15 rings (SSSR count). The number of rotatable bonds is 9. The number of hydrogen-bond acceptors (Lipinski definition) is 12. The molecule has 114 heavy (non-hydrogen) atoms. The number of aromatic nitrogens is 11. The van der Waals surface area contributed by atoms with E-state index in [1.54, 1.807) is 12.4 Å². The Morgan fingerprint density at radius 2 is 0.842 bits per heavy atom. The lowest BCUT2D eigenvalue weighted by Crippen LogP contribution is -2.19. The third-order valence-electron chi connectivity index (χ3n) is 17.3. The smallest absolute Gasteiger partial charge is 0.467 e. The molecule has 0 spiro atoms. The monoisotopic (exact) mass is 1520 g/mol. The maximum atomic E-state index is 12.1. The van der Waals surface area contributed by atoms with Gasteiger partial charge in [0, 0.05) is 171 Å². The average molecular weight is 1530 g/mol. The number of aryl methyl sites for hydroxylation is 17. The number of para-hydroxylation sites is 1. The molecule has 17 heteroatoms. The van der Waals surface area contributed by atoms with E-state index in [4.69, 9.17) is 8.83 Å². The van der Waals surface area contributed by atoms with Crippen molar-refractivity contribution in [2.24, 2.45) is 4.99 Å². The Hall–Kier alpha value is -13.2. The molecule has 13 heterocycles. The summed E-state index contributed by atoms with van der Waals surface area (Å²) >= 11 is 0. The summed E-state index contributed by atoms with van der Waals surface area (Å²) < 4.78 is 49.6. The van der Waals surface area contributed by atoms with E-state index in [9.17, 15) is 13.2 Å². The van der Waals surface area contributed by atoms with Gasteiger partial charge in [-0.3, -0.25) is 54.4 Å². The Labute approximate surface area is 670 Å². The maximum absolute atomic E-state index is 12.1. The van der Waals surface area contributed by atoms with E-state index in [-0.39, 0.29) is 11.4 Å². The summed E-state index contributed by atoms with van der Waals surface area (Å²) in [5, 5.41) is 0. The van der Waals surface area contributed by atoms with Crippen LogP contribution in [-0.4, -0.2) is 60.2 Å². The van der Waals surface area contributed by atoms with Crippen LogP contribution in [0.4, 0.5) is 13.2 Å². The minimum atomic E-state index is -4.28. The van der Waals surface area contributed by atoms with Gasteiger partial charge in [0.1, 0.15) is 23.0 Å². The van der Waals surface area contributed by atoms with Crippen molar-refractivity contribution >= 4 is 12.3 Å². The summed E-state index contributed by atoms with van der Waals surface area (Å²) in [6.45, 7) is 38.8. The Balaban J connectivity index is 0.000000178. The van der Waals surface area contributed by atoms with Crippen LogP contribution in [0.1, 0.15) is 109 Å². The zero-order valence-electron chi connectivity index (χ0n) is 68.7. The van der Waals surface area contributed by atoms with Gasteiger partial charge in [-0.1, -0.05) is 67.2 Å². The van der Waals surface area contributed by atoms with Gasteiger partial charge in [0.15, 0.2) is 0 Å². The molecule has 0 N–H and O–H groups in total. The van der Waals surface area contributed by atoms with Gasteiger partial charge in [-0.15, -0.1) is 13.2 Å². The van der Waals surface area contributed by atoms with Crippen molar-refractivity contribution in [3.05, 3.63) is 389 Å². The number of halogens is 3. The highest BCUT2D eigenvalue weighted by molar-refractivity contribution is 5.77. The second-order valence-electron chi connectivity index (χ2n) is 27.3. The van der Waals surface area contributed by atoms with E-state index >= 15 is 0 Å². The summed E-state index contributed by atoms with van der Waals surface area (Å²) in [5.74, 6) is 3.92. The Morgan fingerprint density at radius 1 is 0.386 bits per heavy atom. The van der Waals surface area contributed by atoms with Crippen LogP contribution < -0.4 is 0 Å². The molecule has 0 saturated heterocycles. The molecule has 0 amide bonds. The predicted octanol–water partition coefficient (Wildman–Crippen LogP) is 25.2. The number of hydrogen-bond donors (Lipinski definition) is 0. The predicted molar refractivity (Wildman–Crippen MR) is 461 cm³/mol. The highest BCUT2D eigenvalue weighted by Crippen LogP contribution is 2.29. The molecule has 0 bridgehead atoms. The van der Waals surface area contributed by atoms with Gasteiger partial charge < -0.3 is 13.4 Å². The second-order valence-corrected chi connectivity index (χ2v) is 27.3. The Morgan fingerprint density at radius 3 is 1.24 bits per heavy atom. The zero-order valence-corrected chi connectivity index (χ0v) is 68.7. The lowest BCUT2D eigenvalue weighted by Gasteiger charge is -2.12. The Bertz CT molecular complexity index is 5240. The number of allylic oxidation sites excluding steroid dienone is 1. The maximum Gasteiger partial charge on any atom is 0.488 e. The van der Waals surface area contributed by atoms with E-state index < -0.39 is 6.30 Å². The first kappa shape index (κ1) is 88.1. The van der Waals surface area contributed by atoms with Crippen LogP contribution in [0.2, 0.25) is 0 Å². The summed E-state index contributed by atoms with van der Waals surface area (Å²) in [6, 6.07) is 66.2. The highest BCUT2D eigenvalue weighted by atomic mass is 19.4. The fourth-order valence-electron chi connectivity index (χ4n) is 11.1. The fraction of sp³-hybridized carbons (Fsp3) is 0.196. The SMILES string of the molecule is C=C(C)C=N/C=C/c1ccc(C)nc1.Cc1cc(-c2ccccc2)oc1C.Cc1cc(-c2ccnc(C)c2)ccn1.Cc1ccc(-c2ccnc(C)c2)cn1.Cc1ccc(C)n1-c1ccccc1.Cc1ccc(C)n1C(F)(F)F.Cc1ccc(C)o1.Cc1ccnc(-c2ccc(C)nc2)c1.Cc1ccncc1-c1cnccc1C. The molecule has 0 saturated carbocycles. The number of pyridine rings is 9. The largest absolute Gasteiger partial charge is 0.488 e. The first-order valence-electron chi connectivity index (χ1n) is 37.3. The minimum absolute atomic E-state index is 0.218. The van der Waals surface area contributed by atoms with Crippen LogP contribution in [0, 0.1) is 118 Å². The molecule has 14 nitrogen and oxygen atoms in total. The molecule has 0 radical (unpaired) electrons. The van der Waals surface area contributed by atoms with Crippen LogP contribution >= 0.6 is 0 Å². The first-order chi connectivity index (χ1) is 54.5. The quantitative estimate of drug-likeness (QED) is 0.126. The normalized spacial score (nSPS) is 10.5. The molecule has 0 atom stereocenters. The topological polar surface area (TPSA) is 165 Å². The highest BCUT2D eigenvalue weighted by Gasteiger charge is 2.32. The number of furan rings is 2. The third-order valence-corrected chi connectivity index (χ3v) is 17.3. The average Bonchev–Trinajstić information content (AvgIpc) is 1.72. The number of alkyl halides is 3. The molecule has 15 aromatic rings. The summed E-state index contributed by atoms with van der Waals surface area (Å²) in [6.07, 6.45) is 21.4. The molecule has 0 fully saturated rings. The molecule has 0 aliphatic heterocycles. The molecule has 0 unspecified atom stereocenters. The van der Waals surface area contributed by atoms with Gasteiger partial charge in [-0.05, 0) is 320 Å². The van der Waals surface area contributed by atoms with Crippen LogP contribution in [0.3, 0.4) is 0 Å². The molecule has 2 aromatic carbocycles. The number of benzene rings is 2. The van der Waals surface area contributed by atoms with Crippen molar-refractivity contribution in [1.29, 1.82) is 0 Å². The minimum Gasteiger partial charge on any atom is -0.467 e. The van der Waals surface area contributed by atoms with Crippen molar-refractivity contribution < 1.29 is 22.0 Å². The molecule has 0 aliphatic carbocycles. The molecule has 584 valence electrons. The van der Waals surface area contributed by atoms with E-state index in [0.717, 1.165) is 102 Å². The van der Waals surface area contributed by atoms with E-state index in [1.165, 1.54) is 82.0 Å². The van der Waals surface area contributed by atoms with Gasteiger partial charge in [-0.25, -0.2) is 0 Å². The van der Waals surface area contributed by atoms with Crippen molar-refractivity contribution in [3.8, 4) is 61.6 Å². The van der Waals surface area contributed by atoms with Crippen LogP contribution in [0.15, 0.2) is 301 Å². The molecular weight excluding hydrogens is 1420 g/mol. The number of nitrogens with zero attached hydrogens (tertiary/aromatic N) is 12. The Kier molecular flexibility index (Phi) is 34.5. The van der Waals surface area contributed by atoms with Crippen molar-refractivity contribution in [3.63, 3.8) is 0 Å². The summed E-state index contributed by atoms with van der Waals surface area (Å²) in [5.41, 5.74) is 27.5. The van der Waals surface area contributed by atoms with Crippen LogP contribution in [0.5, 0.6) is 0 Å². The van der Waals surface area contributed by atoms with Crippen molar-refractivity contribution in [1.82, 2.24) is 54.0 Å². The van der Waals surface area contributed by atoms with Crippen molar-refractivity contribution in [2.75, 3.05) is 0 Å². The lowest BCUT2D eigenvalue weighted by atomic mass is 10.0. The van der Waals surface area contributed by atoms with Gasteiger partial charge >= 0.3 is 6.30 Å². The van der Waals surface area contributed by atoms with Gasteiger partial charge in [0.05, 0.1) is 5.69 Å². The van der Waals surface area contributed by atoms with Crippen LogP contribution in [-0.2, 0) is 6.30 Å². The van der Waals surface area contributed by atoms with Gasteiger partial charge in [0.25, 0.3) is 0 Å². The zero-order chi connectivity index (χ0) is 82.7. The van der Waals surface area contributed by atoms with E-state index in [1.807, 2.05) is 247 Å². The number of aliphatic imine (C=N–C) groups is 1. The lowest BCUT2D eigenvalue weighted by molar-refractivity contribution is -0.205. The molecule has 0 aliphatic rings. The van der Waals surface area contributed by atoms with Crippen molar-refractivity contribution in [2.45, 2.75) is 131 Å². The van der Waals surface area contributed by atoms with Gasteiger partial charge in [-0.2, -0.15) is 0 Å². The van der Waals surface area contributed by atoms with E-state index in [0.29, 0.717) is 4.57 Å². The van der Waals surface area contributed by atoms with E-state index in [2.05, 4.69) is 187 Å². The third kappa shape index (κ3) is 29.6. The van der Waals surface area contributed by atoms with Crippen LogP contribution in [0.25, 0.3) is 67.7 Å². The second kappa shape index (κ2) is 44.6. The fourth-order valence-corrected chi connectivity index (χ4v) is 11.1. The summed E-state index contributed by atoms with van der Waals surface area (Å²) in [4.78, 5) is 41.8. The standard InChI is InChI=1S/4C12H12N2.C12H14N2.C12H13N.C12H12O.C7H8F3N.C6H8O/c1-9-7-11(3-5-13-9)12-4-6-14-10(2)8-12;1-9-3-5-13-7-11(9)12-8-14-6-4-10(12)2;1-9-5-6-13-12(7-9)11-4-3-10(2)14-8-11;1-9-3-4-12(8-14-9)11-5-6-13-10(2)7-11;1-10(2)8-13-7-6-12-5-4-11(3)14-9-12;1-10-8-9-11(2)13(10)12-6-4-3-5-7-12;1-9-8-12(13-10(9)2)11-6-4-3-5-7-11;1-5-3-4-6(2)11(5)7(8,9)10;1-5-3-4-6(2)7-5/h4*3-8H,1-2H3;4-9H,1H2,2-3H3;3-9H,1-2H3;3-8H,1-2H3;3-4H,1-2H3;3-4H,1-2H3/b;;;;7-6+,13-8?;;;;. The first-order valence-corrected chi connectivity index (χ1v) is 37.3. The summed E-state index contributed by atoms with van der Waals surface area (Å²) in [7, 11) is 0. The molecule has 13 aromatic heterocycles. The van der Waals surface area contributed by atoms with Gasteiger partial charge in [0.2, 0.25) is 0 Å². The molecular formula is C97H103F3N12O2.